The van der Waals surface area contributed by atoms with Gasteiger partial charge in [0.1, 0.15) is 36.2 Å². The fraction of sp³-hybridized carbons (Fsp3) is 0.179. The molecule has 3 aromatic carbocycles. The Kier molecular flexibility index (Phi) is 7.19. The monoisotopic (exact) mass is 531 g/mol. The highest BCUT2D eigenvalue weighted by Crippen LogP contribution is 2.37. The van der Waals surface area contributed by atoms with E-state index in [9.17, 15) is 4.79 Å². The molecule has 0 saturated heterocycles. The Morgan fingerprint density at radius 1 is 1.05 bits per heavy atom. The topological polar surface area (TPSA) is 99.5 Å². The fourth-order valence-electron chi connectivity index (χ4n) is 4.31. The predicted molar refractivity (Wildman–Crippen MR) is 145 cm³/mol. The van der Waals surface area contributed by atoms with Gasteiger partial charge in [0.15, 0.2) is 0 Å². The first-order valence-corrected chi connectivity index (χ1v) is 12.2. The van der Waals surface area contributed by atoms with Gasteiger partial charge in [-0.3, -0.25) is 4.79 Å². The van der Waals surface area contributed by atoms with Crippen LogP contribution in [0.25, 0.3) is 0 Å². The summed E-state index contributed by atoms with van der Waals surface area (Å²) in [5, 5.41) is 11.2. The maximum Gasteiger partial charge on any atom is 0.255 e. The predicted octanol–water partition coefficient (Wildman–Crippen LogP) is 5.46. The molecule has 5 rings (SSSR count). The summed E-state index contributed by atoms with van der Waals surface area (Å²) >= 11 is 6.25. The maximum absolute atomic E-state index is 13.7. The first-order valence-electron chi connectivity index (χ1n) is 11.9. The zero-order valence-corrected chi connectivity index (χ0v) is 21.8. The number of methoxy groups -OCH3 is 2. The van der Waals surface area contributed by atoms with E-state index in [2.05, 4.69) is 20.7 Å². The molecule has 1 aliphatic heterocycles. The van der Waals surface area contributed by atoms with Crippen LogP contribution in [-0.4, -0.2) is 34.9 Å². The zero-order valence-electron chi connectivity index (χ0n) is 21.1. The molecule has 0 fully saturated rings. The molecule has 0 radical (unpaired) electrons. The van der Waals surface area contributed by atoms with E-state index in [1.54, 1.807) is 30.0 Å². The third-order valence-corrected chi connectivity index (χ3v) is 6.61. The highest BCUT2D eigenvalue weighted by molar-refractivity contribution is 6.31. The Bertz CT molecular complexity index is 1500. The molecular weight excluding hydrogens is 506 g/mol. The number of amides is 1. The summed E-state index contributed by atoms with van der Waals surface area (Å²) in [6, 6.07) is 19.8. The van der Waals surface area contributed by atoms with Gasteiger partial charge in [0.05, 0.1) is 25.5 Å². The van der Waals surface area contributed by atoms with Crippen molar-refractivity contribution in [1.29, 1.82) is 0 Å². The Morgan fingerprint density at radius 2 is 1.82 bits per heavy atom. The number of halogens is 1. The van der Waals surface area contributed by atoms with Gasteiger partial charge in [-0.2, -0.15) is 10.1 Å². The van der Waals surface area contributed by atoms with Gasteiger partial charge < -0.3 is 24.8 Å². The van der Waals surface area contributed by atoms with Crippen molar-refractivity contribution < 1.29 is 19.0 Å². The van der Waals surface area contributed by atoms with Gasteiger partial charge in [0.25, 0.3) is 5.91 Å². The second kappa shape index (κ2) is 10.9. The van der Waals surface area contributed by atoms with Crippen molar-refractivity contribution in [3.8, 4) is 17.2 Å². The van der Waals surface area contributed by atoms with Crippen LogP contribution in [-0.2, 0) is 11.4 Å². The van der Waals surface area contributed by atoms with Crippen molar-refractivity contribution in [2.45, 2.75) is 19.6 Å². The van der Waals surface area contributed by atoms with E-state index in [1.165, 1.54) is 13.4 Å². The Labute approximate surface area is 225 Å². The SMILES string of the molecule is COc1ccc(NC(=O)C2=C(C)Nc3ncnn3[C@H]2c2ccc(OCc3ccccc3Cl)cc2)c(OC)c1. The van der Waals surface area contributed by atoms with Crippen molar-refractivity contribution in [2.24, 2.45) is 0 Å². The largest absolute Gasteiger partial charge is 0.497 e. The number of benzene rings is 3. The van der Waals surface area contributed by atoms with E-state index in [4.69, 9.17) is 25.8 Å². The molecule has 4 aromatic rings. The molecule has 0 bridgehead atoms. The number of carbonyl (C=O) groups is 1. The van der Waals surface area contributed by atoms with Crippen LogP contribution in [0.1, 0.15) is 24.1 Å². The van der Waals surface area contributed by atoms with Crippen molar-refractivity contribution in [3.05, 3.63) is 100 Å². The molecule has 2 N–H and O–H groups in total. The van der Waals surface area contributed by atoms with E-state index >= 15 is 0 Å². The third kappa shape index (κ3) is 5.01. The minimum absolute atomic E-state index is 0.302. The summed E-state index contributed by atoms with van der Waals surface area (Å²) in [6.45, 7) is 2.18. The molecule has 9 nitrogen and oxygen atoms in total. The fourth-order valence-corrected chi connectivity index (χ4v) is 4.50. The second-order valence-corrected chi connectivity index (χ2v) is 8.97. The van der Waals surface area contributed by atoms with Gasteiger partial charge in [-0.15, -0.1) is 0 Å². The van der Waals surface area contributed by atoms with Gasteiger partial charge in [0.2, 0.25) is 5.95 Å². The molecule has 1 aromatic heterocycles. The quantitative estimate of drug-likeness (QED) is 0.311. The smallest absolute Gasteiger partial charge is 0.255 e. The minimum atomic E-state index is -0.518. The van der Waals surface area contributed by atoms with Crippen molar-refractivity contribution in [1.82, 2.24) is 14.8 Å². The van der Waals surface area contributed by atoms with Crippen LogP contribution in [0.4, 0.5) is 11.6 Å². The highest BCUT2D eigenvalue weighted by atomic mass is 35.5. The highest BCUT2D eigenvalue weighted by Gasteiger charge is 2.33. The number of rotatable bonds is 8. The molecular formula is C28H26ClN5O4. The minimum Gasteiger partial charge on any atom is -0.497 e. The van der Waals surface area contributed by atoms with Crippen LogP contribution in [0.3, 0.4) is 0 Å². The summed E-state index contributed by atoms with van der Waals surface area (Å²) in [7, 11) is 3.11. The molecule has 1 atom stereocenters. The zero-order chi connectivity index (χ0) is 26.6. The number of fused-ring (bicyclic) bond motifs is 1. The van der Waals surface area contributed by atoms with Crippen molar-refractivity contribution in [3.63, 3.8) is 0 Å². The number of hydrogen-bond donors (Lipinski definition) is 2. The van der Waals surface area contributed by atoms with Gasteiger partial charge in [-0.05, 0) is 42.8 Å². The molecule has 10 heteroatoms. The molecule has 0 spiro atoms. The molecule has 0 saturated carbocycles. The number of nitrogens with zero attached hydrogens (tertiary/aromatic N) is 3. The van der Waals surface area contributed by atoms with Crippen LogP contribution >= 0.6 is 11.6 Å². The number of aromatic nitrogens is 3. The van der Waals surface area contributed by atoms with E-state index in [0.29, 0.717) is 51.8 Å². The van der Waals surface area contributed by atoms with Crippen LogP contribution in [0.15, 0.2) is 84.3 Å². The van der Waals surface area contributed by atoms with E-state index in [1.807, 2.05) is 55.5 Å². The lowest BCUT2D eigenvalue weighted by Crippen LogP contribution is -2.31. The van der Waals surface area contributed by atoms with E-state index in [-0.39, 0.29) is 5.91 Å². The lowest BCUT2D eigenvalue weighted by molar-refractivity contribution is -0.113. The molecule has 2 heterocycles. The summed E-state index contributed by atoms with van der Waals surface area (Å²) in [5.74, 6) is 2.03. The third-order valence-electron chi connectivity index (χ3n) is 6.24. The van der Waals surface area contributed by atoms with E-state index in [0.717, 1.165) is 11.1 Å². The first kappa shape index (κ1) is 25.2. The first-order chi connectivity index (χ1) is 18.5. The number of ether oxygens (including phenoxy) is 3. The lowest BCUT2D eigenvalue weighted by atomic mass is 9.95. The number of hydrogen-bond acceptors (Lipinski definition) is 7. The number of nitrogens with one attached hydrogen (secondary N) is 2. The Morgan fingerprint density at radius 3 is 2.55 bits per heavy atom. The van der Waals surface area contributed by atoms with Crippen LogP contribution < -0.4 is 24.8 Å². The average Bonchev–Trinajstić information content (AvgIpc) is 3.40. The van der Waals surface area contributed by atoms with Crippen LogP contribution in [0.2, 0.25) is 5.02 Å². The second-order valence-electron chi connectivity index (χ2n) is 8.56. The molecule has 0 unspecified atom stereocenters. The number of allylic oxidation sites excluding steroid dienone is 1. The van der Waals surface area contributed by atoms with Gasteiger partial charge in [0, 0.05) is 22.3 Å². The molecule has 0 aliphatic carbocycles. The van der Waals surface area contributed by atoms with E-state index < -0.39 is 6.04 Å². The normalized spacial score (nSPS) is 14.4. The molecule has 194 valence electrons. The van der Waals surface area contributed by atoms with Gasteiger partial charge >= 0.3 is 0 Å². The van der Waals surface area contributed by atoms with Gasteiger partial charge in [-0.25, -0.2) is 4.68 Å². The average molecular weight is 532 g/mol. The van der Waals surface area contributed by atoms with Crippen molar-refractivity contribution >= 4 is 29.1 Å². The van der Waals surface area contributed by atoms with Crippen LogP contribution in [0.5, 0.6) is 17.2 Å². The lowest BCUT2D eigenvalue weighted by Gasteiger charge is -2.29. The molecule has 1 amide bonds. The number of anilines is 2. The summed E-state index contributed by atoms with van der Waals surface area (Å²) in [4.78, 5) is 18.0. The summed E-state index contributed by atoms with van der Waals surface area (Å²) < 4.78 is 18.4. The standard InChI is InChI=1S/C28H26ClN5O4/c1-17-25(27(35)33-23-13-12-21(36-2)14-24(23)37-3)26(34-28(32-17)30-16-31-34)18-8-10-20(11-9-18)38-15-19-6-4-5-7-22(19)29/h4-14,16,26H,15H2,1-3H3,(H,33,35)(H,30,31,32)/t26-/m0/s1. The Balaban J connectivity index is 1.42. The molecule has 38 heavy (non-hydrogen) atoms. The molecule has 1 aliphatic rings. The number of carbonyl (C=O) groups excluding carboxylic acids is 1. The summed E-state index contributed by atoms with van der Waals surface area (Å²) in [6.07, 6.45) is 1.46. The van der Waals surface area contributed by atoms with Gasteiger partial charge in [-0.1, -0.05) is 41.9 Å². The summed E-state index contributed by atoms with van der Waals surface area (Å²) in [5.41, 5.74) is 3.42. The maximum atomic E-state index is 13.7. The van der Waals surface area contributed by atoms with Crippen LogP contribution in [0, 0.1) is 0 Å². The van der Waals surface area contributed by atoms with Crippen molar-refractivity contribution in [2.75, 3.05) is 24.9 Å². The Hall–Kier alpha value is -4.50.